The molecule has 5 aromatic rings. The van der Waals surface area contributed by atoms with Gasteiger partial charge < -0.3 is 10.6 Å². The first-order chi connectivity index (χ1) is 19.8. The first kappa shape index (κ1) is 26.9. The van der Waals surface area contributed by atoms with Crippen molar-refractivity contribution in [1.29, 1.82) is 0 Å². The normalized spacial score (nSPS) is 15.7. The number of piperidine rings is 1. The van der Waals surface area contributed by atoms with Gasteiger partial charge in [-0.05, 0) is 48.0 Å². The molecule has 1 aliphatic heterocycles. The topological polar surface area (TPSA) is 118 Å². The molecular formula is C30H29FN6O3S. The van der Waals surface area contributed by atoms with Crippen LogP contribution in [0.1, 0.15) is 18.4 Å². The van der Waals surface area contributed by atoms with E-state index in [0.717, 1.165) is 25.9 Å². The summed E-state index contributed by atoms with van der Waals surface area (Å²) in [5, 5.41) is 8.17. The molecule has 41 heavy (non-hydrogen) atoms. The van der Waals surface area contributed by atoms with Gasteiger partial charge in [0.25, 0.3) is 5.56 Å². The molecule has 6 rings (SSSR count). The summed E-state index contributed by atoms with van der Waals surface area (Å²) in [7, 11) is -2.30. The Morgan fingerprint density at radius 3 is 2.56 bits per heavy atom. The van der Waals surface area contributed by atoms with E-state index < -0.39 is 15.8 Å². The van der Waals surface area contributed by atoms with Crippen molar-refractivity contribution < 1.29 is 12.8 Å². The van der Waals surface area contributed by atoms with E-state index in [2.05, 4.69) is 25.3 Å². The number of halogens is 1. The number of fused-ring (bicyclic) bond motifs is 2. The van der Waals surface area contributed by atoms with Crippen LogP contribution in [0.4, 0.5) is 16.0 Å². The van der Waals surface area contributed by atoms with Crippen LogP contribution in [0.2, 0.25) is 0 Å². The molecule has 1 fully saturated rings. The zero-order chi connectivity index (χ0) is 28.6. The summed E-state index contributed by atoms with van der Waals surface area (Å²) in [6.07, 6.45) is 3.71. The van der Waals surface area contributed by atoms with Crippen molar-refractivity contribution in [2.45, 2.75) is 24.6 Å². The van der Waals surface area contributed by atoms with Crippen LogP contribution >= 0.6 is 0 Å². The highest BCUT2D eigenvalue weighted by molar-refractivity contribution is 7.91. The number of nitrogens with zero attached hydrogens (tertiary/aromatic N) is 3. The summed E-state index contributed by atoms with van der Waals surface area (Å²) in [6, 6.07) is 18.6. The van der Waals surface area contributed by atoms with Gasteiger partial charge in [0.2, 0.25) is 16.0 Å². The second-order valence-electron chi connectivity index (χ2n) is 10.3. The van der Waals surface area contributed by atoms with Crippen LogP contribution in [0.3, 0.4) is 0 Å². The fourth-order valence-corrected chi connectivity index (χ4v) is 6.54. The highest BCUT2D eigenvalue weighted by atomic mass is 32.2. The molecule has 3 N–H and O–H groups in total. The number of rotatable bonds is 7. The van der Waals surface area contributed by atoms with Crippen molar-refractivity contribution in [3.05, 3.63) is 94.7 Å². The number of nitrogens with one attached hydrogen (secondary N) is 3. The summed E-state index contributed by atoms with van der Waals surface area (Å²) >= 11 is 0. The molecule has 0 aliphatic carbocycles. The van der Waals surface area contributed by atoms with Gasteiger partial charge in [0.1, 0.15) is 11.5 Å². The van der Waals surface area contributed by atoms with Crippen LogP contribution in [-0.2, 0) is 22.8 Å². The Balaban J connectivity index is 1.40. The molecular weight excluding hydrogens is 543 g/mol. The lowest BCUT2D eigenvalue weighted by molar-refractivity contribution is 0.478. The van der Waals surface area contributed by atoms with E-state index >= 15 is 4.39 Å². The zero-order valence-corrected chi connectivity index (χ0v) is 23.2. The second kappa shape index (κ2) is 10.9. The van der Waals surface area contributed by atoms with Crippen LogP contribution in [0.25, 0.3) is 32.9 Å². The summed E-state index contributed by atoms with van der Waals surface area (Å²) in [6.45, 7) is 1.81. The number of aryl methyl sites for hydroxylation is 1. The molecule has 9 nitrogen and oxygen atoms in total. The minimum Gasteiger partial charge on any atom is -0.350 e. The van der Waals surface area contributed by atoms with Crippen molar-refractivity contribution in [2.75, 3.05) is 23.1 Å². The summed E-state index contributed by atoms with van der Waals surface area (Å²) in [5.74, 6) is -0.644. The number of hydrogen-bond acceptors (Lipinski definition) is 7. The van der Waals surface area contributed by atoms with Crippen LogP contribution in [-0.4, -0.2) is 42.1 Å². The van der Waals surface area contributed by atoms with E-state index in [1.54, 1.807) is 73.9 Å². The Kier molecular flexibility index (Phi) is 7.14. The molecule has 1 saturated heterocycles. The number of sulfonamides is 1. The largest absolute Gasteiger partial charge is 0.350 e. The van der Waals surface area contributed by atoms with Gasteiger partial charge in [-0.3, -0.25) is 14.1 Å². The number of anilines is 2. The van der Waals surface area contributed by atoms with Gasteiger partial charge in [0.15, 0.2) is 0 Å². The molecule has 0 saturated carbocycles. The minimum atomic E-state index is -3.92. The number of hydrogen-bond donors (Lipinski definition) is 3. The van der Waals surface area contributed by atoms with E-state index in [-0.39, 0.29) is 28.6 Å². The number of aromatic nitrogens is 3. The summed E-state index contributed by atoms with van der Waals surface area (Å²) < 4.78 is 45.5. The third-order valence-corrected chi connectivity index (χ3v) is 8.55. The van der Waals surface area contributed by atoms with Crippen molar-refractivity contribution >= 4 is 43.5 Å². The highest BCUT2D eigenvalue weighted by Gasteiger charge is 2.21. The molecule has 2 aromatic heterocycles. The molecule has 210 valence electrons. The molecule has 1 atom stereocenters. The van der Waals surface area contributed by atoms with Gasteiger partial charge in [-0.15, -0.1) is 0 Å². The molecule has 0 radical (unpaired) electrons. The molecule has 0 bridgehead atoms. The first-order valence-electron chi connectivity index (χ1n) is 13.4. The first-order valence-corrected chi connectivity index (χ1v) is 15.0. The average Bonchev–Trinajstić information content (AvgIpc) is 2.97. The predicted octanol–water partition coefficient (Wildman–Crippen LogP) is 4.39. The maximum absolute atomic E-state index is 15.7. The van der Waals surface area contributed by atoms with Crippen LogP contribution < -0.4 is 20.9 Å². The van der Waals surface area contributed by atoms with Gasteiger partial charge in [0, 0.05) is 42.2 Å². The van der Waals surface area contributed by atoms with E-state index in [1.807, 2.05) is 0 Å². The molecule has 3 aromatic carbocycles. The van der Waals surface area contributed by atoms with Crippen LogP contribution in [0.5, 0.6) is 0 Å². The monoisotopic (exact) mass is 572 g/mol. The molecule has 3 heterocycles. The fourth-order valence-electron chi connectivity index (χ4n) is 5.32. The van der Waals surface area contributed by atoms with Gasteiger partial charge in [-0.1, -0.05) is 54.6 Å². The summed E-state index contributed by atoms with van der Waals surface area (Å²) in [4.78, 5) is 22.6. The van der Waals surface area contributed by atoms with E-state index in [4.69, 9.17) is 0 Å². The smallest absolute Gasteiger partial charge is 0.259 e. The van der Waals surface area contributed by atoms with Gasteiger partial charge in [-0.25, -0.2) is 17.8 Å². The molecule has 0 spiro atoms. The number of benzene rings is 3. The maximum atomic E-state index is 15.7. The average molecular weight is 573 g/mol. The van der Waals surface area contributed by atoms with E-state index in [9.17, 15) is 13.2 Å². The highest BCUT2D eigenvalue weighted by Crippen LogP contribution is 2.36. The van der Waals surface area contributed by atoms with Crippen molar-refractivity contribution in [1.82, 2.24) is 19.9 Å². The Bertz CT molecular complexity index is 1920. The quantitative estimate of drug-likeness (QED) is 0.265. The third kappa shape index (κ3) is 5.50. The lowest BCUT2D eigenvalue weighted by atomic mass is 9.97. The van der Waals surface area contributed by atoms with Crippen molar-refractivity contribution in [2.24, 2.45) is 7.05 Å². The Morgan fingerprint density at radius 1 is 1.05 bits per heavy atom. The van der Waals surface area contributed by atoms with Crippen LogP contribution in [0, 0.1) is 5.82 Å². The lowest BCUT2D eigenvalue weighted by Gasteiger charge is -2.23. The Hall–Kier alpha value is -4.35. The fraction of sp³-hybridized carbons (Fsp3) is 0.233. The lowest BCUT2D eigenvalue weighted by Crippen LogP contribution is -2.38. The standard InChI is InChI=1S/C30H29FN6O3S/c1-37-28-20(16-33-30(35-28)34-21-10-7-13-32-17-21)14-25(29(37)38)24-15-26(31)27(23-12-6-5-11-22(23)24)36-41(39,40)18-19-8-3-2-4-9-19/h2-6,8-9,11-12,14-16,21,32,36H,7,10,13,17-18H2,1H3,(H,33,34,35). The van der Waals surface area contributed by atoms with Crippen LogP contribution in [0.15, 0.2) is 77.7 Å². The SMILES string of the molecule is Cn1c(=O)c(-c2cc(F)c(NS(=O)(=O)Cc3ccccc3)c3ccccc23)cc2cnc(NC3CCCNC3)nc21. The number of pyridine rings is 1. The predicted molar refractivity (Wildman–Crippen MR) is 160 cm³/mol. The van der Waals surface area contributed by atoms with Gasteiger partial charge in [0.05, 0.1) is 11.4 Å². The van der Waals surface area contributed by atoms with Crippen molar-refractivity contribution in [3.63, 3.8) is 0 Å². The Morgan fingerprint density at radius 2 is 1.80 bits per heavy atom. The maximum Gasteiger partial charge on any atom is 0.259 e. The second-order valence-corrected chi connectivity index (χ2v) is 12.0. The van der Waals surface area contributed by atoms with Gasteiger partial charge >= 0.3 is 0 Å². The molecule has 1 unspecified atom stereocenters. The molecule has 11 heteroatoms. The molecule has 0 amide bonds. The Labute approximate surface area is 236 Å². The zero-order valence-electron chi connectivity index (χ0n) is 22.4. The van der Waals surface area contributed by atoms with Crippen molar-refractivity contribution in [3.8, 4) is 11.1 Å². The van der Waals surface area contributed by atoms with Gasteiger partial charge in [-0.2, -0.15) is 4.98 Å². The van der Waals surface area contributed by atoms with E-state index in [1.165, 1.54) is 10.6 Å². The van der Waals surface area contributed by atoms with E-state index in [0.29, 0.717) is 38.9 Å². The summed E-state index contributed by atoms with van der Waals surface area (Å²) in [5.41, 5.74) is 1.13. The third-order valence-electron chi connectivity index (χ3n) is 7.32. The molecule has 1 aliphatic rings. The minimum absolute atomic E-state index is 0.158.